The highest BCUT2D eigenvalue weighted by Gasteiger charge is 2.12. The summed E-state index contributed by atoms with van der Waals surface area (Å²) in [4.78, 5) is 23.3. The van der Waals surface area contributed by atoms with Crippen molar-refractivity contribution in [3.05, 3.63) is 16.1 Å². The predicted molar refractivity (Wildman–Crippen MR) is 113 cm³/mol. The number of guanidine groups is 1. The van der Waals surface area contributed by atoms with Crippen molar-refractivity contribution in [2.45, 2.75) is 46.1 Å². The predicted octanol–water partition coefficient (Wildman–Crippen LogP) is 2.59. The standard InChI is InChI=1S/C16H29N5OS.HI/c1-7-12(3)20-16(19-10-14(22)21(5)6)18-8-11(2)15-17-9-13(4)23-15;/h9,11-12H,7-8,10H2,1-6H3,(H2,18,19,20);1H. The maximum Gasteiger partial charge on any atom is 0.243 e. The summed E-state index contributed by atoms with van der Waals surface area (Å²) < 4.78 is 0. The fourth-order valence-electron chi connectivity index (χ4n) is 1.71. The second-order valence-electron chi connectivity index (χ2n) is 6.00. The first kappa shape index (κ1) is 23.1. The first-order valence-electron chi connectivity index (χ1n) is 8.00. The van der Waals surface area contributed by atoms with E-state index in [1.54, 1.807) is 30.3 Å². The topological polar surface area (TPSA) is 69.6 Å². The van der Waals surface area contributed by atoms with Crippen LogP contribution in [0.25, 0.3) is 0 Å². The van der Waals surface area contributed by atoms with Gasteiger partial charge in [-0.3, -0.25) is 4.79 Å². The Kier molecular flexibility index (Phi) is 11.2. The number of hydrogen-bond donors (Lipinski definition) is 2. The van der Waals surface area contributed by atoms with Crippen LogP contribution >= 0.6 is 35.3 Å². The van der Waals surface area contributed by atoms with E-state index in [1.807, 2.05) is 6.20 Å². The Morgan fingerprint density at radius 2 is 2.08 bits per heavy atom. The van der Waals surface area contributed by atoms with Crippen LogP contribution in [0.4, 0.5) is 0 Å². The lowest BCUT2D eigenvalue weighted by atomic mass is 10.2. The summed E-state index contributed by atoms with van der Waals surface area (Å²) in [7, 11) is 3.47. The van der Waals surface area contributed by atoms with Gasteiger partial charge in [-0.05, 0) is 20.3 Å². The summed E-state index contributed by atoms with van der Waals surface area (Å²) in [6.07, 6.45) is 2.89. The van der Waals surface area contributed by atoms with Crippen molar-refractivity contribution >= 4 is 47.2 Å². The summed E-state index contributed by atoms with van der Waals surface area (Å²) in [5.74, 6) is 0.954. The zero-order valence-corrected chi connectivity index (χ0v) is 18.6. The highest BCUT2D eigenvalue weighted by molar-refractivity contribution is 14.0. The lowest BCUT2D eigenvalue weighted by molar-refractivity contribution is -0.127. The van der Waals surface area contributed by atoms with Crippen molar-refractivity contribution in [3.8, 4) is 0 Å². The molecule has 0 aliphatic heterocycles. The molecule has 0 bridgehead atoms. The quantitative estimate of drug-likeness (QED) is 0.368. The van der Waals surface area contributed by atoms with E-state index in [1.165, 1.54) is 4.88 Å². The van der Waals surface area contributed by atoms with E-state index in [0.717, 1.165) is 18.0 Å². The fourth-order valence-corrected chi connectivity index (χ4v) is 2.54. The minimum Gasteiger partial charge on any atom is -0.356 e. The molecular formula is C16H30IN5OS. The highest BCUT2D eigenvalue weighted by atomic mass is 127. The van der Waals surface area contributed by atoms with Crippen LogP contribution in [0.2, 0.25) is 0 Å². The Morgan fingerprint density at radius 3 is 2.58 bits per heavy atom. The molecule has 24 heavy (non-hydrogen) atoms. The van der Waals surface area contributed by atoms with Gasteiger partial charge >= 0.3 is 0 Å². The molecule has 0 saturated heterocycles. The molecule has 8 heteroatoms. The first-order chi connectivity index (χ1) is 10.8. The van der Waals surface area contributed by atoms with Crippen LogP contribution in [-0.2, 0) is 4.79 Å². The second kappa shape index (κ2) is 11.6. The van der Waals surface area contributed by atoms with Gasteiger partial charge in [0.15, 0.2) is 5.96 Å². The lowest BCUT2D eigenvalue weighted by Gasteiger charge is -2.19. The largest absolute Gasteiger partial charge is 0.356 e. The molecule has 138 valence electrons. The van der Waals surface area contributed by atoms with Gasteiger partial charge in [0.25, 0.3) is 0 Å². The molecule has 0 radical (unpaired) electrons. The minimum atomic E-state index is -0.0150. The number of amides is 1. The van der Waals surface area contributed by atoms with Crippen molar-refractivity contribution < 1.29 is 4.79 Å². The molecule has 1 rings (SSSR count). The molecular weight excluding hydrogens is 437 g/mol. The van der Waals surface area contributed by atoms with Crippen molar-refractivity contribution in [1.82, 2.24) is 20.5 Å². The third-order valence-corrected chi connectivity index (χ3v) is 4.65. The Labute approximate surface area is 166 Å². The molecule has 0 aromatic carbocycles. The number of nitrogens with zero attached hydrogens (tertiary/aromatic N) is 3. The van der Waals surface area contributed by atoms with E-state index in [9.17, 15) is 4.79 Å². The normalized spacial score (nSPS) is 13.7. The van der Waals surface area contributed by atoms with E-state index in [0.29, 0.717) is 17.9 Å². The van der Waals surface area contributed by atoms with Crippen LogP contribution in [0.15, 0.2) is 11.2 Å². The SMILES string of the molecule is CCC(C)NC(=NCC(=O)N(C)C)NCC(C)c1ncc(C)s1.I. The number of nitrogens with one attached hydrogen (secondary N) is 2. The van der Waals surface area contributed by atoms with Gasteiger partial charge in [0, 0.05) is 43.7 Å². The number of carbonyl (C=O) groups is 1. The van der Waals surface area contributed by atoms with Gasteiger partial charge in [-0.15, -0.1) is 35.3 Å². The van der Waals surface area contributed by atoms with Gasteiger partial charge in [0.1, 0.15) is 6.54 Å². The molecule has 0 spiro atoms. The zero-order valence-electron chi connectivity index (χ0n) is 15.4. The number of thiazole rings is 1. The summed E-state index contributed by atoms with van der Waals surface area (Å²) in [5, 5.41) is 7.76. The molecule has 0 aliphatic carbocycles. The van der Waals surface area contributed by atoms with Crippen LogP contribution < -0.4 is 10.6 Å². The highest BCUT2D eigenvalue weighted by Crippen LogP contribution is 2.20. The van der Waals surface area contributed by atoms with E-state index in [4.69, 9.17) is 0 Å². The van der Waals surface area contributed by atoms with E-state index >= 15 is 0 Å². The molecule has 1 amide bonds. The average Bonchev–Trinajstić information content (AvgIpc) is 2.95. The van der Waals surface area contributed by atoms with Crippen molar-refractivity contribution in [2.75, 3.05) is 27.2 Å². The van der Waals surface area contributed by atoms with E-state index < -0.39 is 0 Å². The van der Waals surface area contributed by atoms with Gasteiger partial charge in [-0.1, -0.05) is 13.8 Å². The molecule has 1 heterocycles. The summed E-state index contributed by atoms with van der Waals surface area (Å²) in [6.45, 7) is 9.28. The Hall–Kier alpha value is -0.900. The molecule has 1 aromatic heterocycles. The minimum absolute atomic E-state index is 0. The van der Waals surface area contributed by atoms with Gasteiger partial charge in [0.05, 0.1) is 5.01 Å². The van der Waals surface area contributed by atoms with Crippen molar-refractivity contribution in [1.29, 1.82) is 0 Å². The Morgan fingerprint density at radius 1 is 1.42 bits per heavy atom. The van der Waals surface area contributed by atoms with Crippen LogP contribution in [0.5, 0.6) is 0 Å². The maximum absolute atomic E-state index is 11.7. The number of carbonyl (C=O) groups excluding carboxylic acids is 1. The number of likely N-dealkylation sites (N-methyl/N-ethyl adjacent to an activating group) is 1. The van der Waals surface area contributed by atoms with Crippen LogP contribution in [0.1, 0.15) is 43.0 Å². The van der Waals surface area contributed by atoms with Gasteiger partial charge in [-0.2, -0.15) is 0 Å². The molecule has 6 nitrogen and oxygen atoms in total. The number of hydrogen-bond acceptors (Lipinski definition) is 4. The van der Waals surface area contributed by atoms with Gasteiger partial charge < -0.3 is 15.5 Å². The molecule has 0 aliphatic rings. The third-order valence-electron chi connectivity index (χ3n) is 3.50. The molecule has 1 aromatic rings. The summed E-state index contributed by atoms with van der Waals surface area (Å²) in [6, 6.07) is 0.299. The monoisotopic (exact) mass is 467 g/mol. The number of aliphatic imine (C=N–C) groups is 1. The van der Waals surface area contributed by atoms with Crippen LogP contribution in [0, 0.1) is 6.92 Å². The molecule has 2 atom stereocenters. The lowest BCUT2D eigenvalue weighted by Crippen LogP contribution is -2.44. The number of aryl methyl sites for hydroxylation is 1. The number of halogens is 1. The van der Waals surface area contributed by atoms with E-state index in [2.05, 4.69) is 48.3 Å². The Balaban J connectivity index is 0.00000529. The summed E-state index contributed by atoms with van der Waals surface area (Å²) in [5.41, 5.74) is 0. The zero-order chi connectivity index (χ0) is 17.4. The Bertz CT molecular complexity index is 532. The van der Waals surface area contributed by atoms with Gasteiger partial charge in [0.2, 0.25) is 5.91 Å². The van der Waals surface area contributed by atoms with Crippen molar-refractivity contribution in [2.24, 2.45) is 4.99 Å². The molecule has 0 saturated carbocycles. The molecule has 2 unspecified atom stereocenters. The van der Waals surface area contributed by atoms with Crippen LogP contribution in [-0.4, -0.2) is 55.0 Å². The van der Waals surface area contributed by atoms with Crippen LogP contribution in [0.3, 0.4) is 0 Å². The number of aromatic nitrogens is 1. The van der Waals surface area contributed by atoms with Gasteiger partial charge in [-0.25, -0.2) is 9.98 Å². The smallest absolute Gasteiger partial charge is 0.243 e. The molecule has 0 fully saturated rings. The third kappa shape index (κ3) is 8.27. The average molecular weight is 467 g/mol. The summed E-state index contributed by atoms with van der Waals surface area (Å²) >= 11 is 1.72. The second-order valence-corrected chi connectivity index (χ2v) is 7.26. The fraction of sp³-hybridized carbons (Fsp3) is 0.688. The maximum atomic E-state index is 11.7. The number of rotatable bonds is 7. The molecule has 2 N–H and O–H groups in total. The van der Waals surface area contributed by atoms with E-state index in [-0.39, 0.29) is 36.4 Å². The van der Waals surface area contributed by atoms with Crippen molar-refractivity contribution in [3.63, 3.8) is 0 Å². The first-order valence-corrected chi connectivity index (χ1v) is 8.82.